The van der Waals surface area contributed by atoms with Gasteiger partial charge in [0.15, 0.2) is 0 Å². The zero-order chi connectivity index (χ0) is 18.4. The van der Waals surface area contributed by atoms with E-state index in [9.17, 15) is 9.59 Å². The Morgan fingerprint density at radius 3 is 2.23 bits per heavy atom. The van der Waals surface area contributed by atoms with Crippen LogP contribution in [0.3, 0.4) is 0 Å². The molecule has 26 heavy (non-hydrogen) atoms. The Bertz CT molecular complexity index is 905. The number of hydrogen-bond acceptors (Lipinski definition) is 2. The molecule has 3 nitrogen and oxygen atoms in total. The van der Waals surface area contributed by atoms with E-state index in [1.807, 2.05) is 85.8 Å². The number of carbonyl (C=O) groups excluding carboxylic acids is 2. The van der Waals surface area contributed by atoms with E-state index in [4.69, 9.17) is 0 Å². The molecule has 130 valence electrons. The van der Waals surface area contributed by atoms with Crippen LogP contribution in [0.1, 0.15) is 26.3 Å². The molecule has 0 saturated carbocycles. The van der Waals surface area contributed by atoms with Crippen LogP contribution >= 0.6 is 0 Å². The first-order valence-electron chi connectivity index (χ1n) is 8.31. The molecule has 0 saturated heterocycles. The average molecular weight is 408 g/mol. The molecule has 0 radical (unpaired) electrons. The van der Waals surface area contributed by atoms with Crippen molar-refractivity contribution in [3.63, 3.8) is 0 Å². The zero-order valence-corrected chi connectivity index (χ0v) is 16.2. The summed E-state index contributed by atoms with van der Waals surface area (Å²) in [4.78, 5) is 25.0. The monoisotopic (exact) mass is 409 g/mol. The summed E-state index contributed by atoms with van der Waals surface area (Å²) in [7, 11) is 0. The van der Waals surface area contributed by atoms with Crippen molar-refractivity contribution in [2.75, 3.05) is 5.32 Å². The number of anilines is 1. The minimum absolute atomic E-state index is 0.103. The van der Waals surface area contributed by atoms with Crippen molar-refractivity contribution in [3.05, 3.63) is 95.6 Å². The van der Waals surface area contributed by atoms with E-state index in [1.54, 1.807) is 0 Å². The van der Waals surface area contributed by atoms with E-state index in [1.165, 1.54) is 0 Å². The minimum atomic E-state index is -0.140. The van der Waals surface area contributed by atoms with Crippen LogP contribution in [-0.2, 0) is 0 Å². The molecule has 0 atom stereocenters. The standard InChI is InChI=1S/C22H19NO2Se/c1-16-11-13-18(14-12-16)23-22(25)19-9-5-6-10-21(19)26-15-20(24)17-7-3-2-4-8-17/h2-14H,15H2,1H3,(H,23,25). The molecule has 3 aromatic carbocycles. The van der Waals surface area contributed by atoms with E-state index in [0.717, 1.165) is 21.3 Å². The molecule has 1 N–H and O–H groups in total. The molecule has 1 amide bonds. The first-order chi connectivity index (χ1) is 12.6. The van der Waals surface area contributed by atoms with Gasteiger partial charge in [0.25, 0.3) is 0 Å². The number of nitrogens with one attached hydrogen (secondary N) is 1. The van der Waals surface area contributed by atoms with Crippen LogP contribution in [0.4, 0.5) is 5.69 Å². The predicted octanol–water partition coefficient (Wildman–Crippen LogP) is 3.88. The number of benzene rings is 3. The summed E-state index contributed by atoms with van der Waals surface area (Å²) in [5, 5.41) is 3.37. The van der Waals surface area contributed by atoms with Gasteiger partial charge in [-0.2, -0.15) is 0 Å². The predicted molar refractivity (Wildman–Crippen MR) is 107 cm³/mol. The SMILES string of the molecule is Cc1ccc(NC(=O)c2ccccc2[Se]CC(=O)c2ccccc2)cc1. The second-order valence-electron chi connectivity index (χ2n) is 5.89. The van der Waals surface area contributed by atoms with Gasteiger partial charge in [-0.15, -0.1) is 0 Å². The number of rotatable bonds is 6. The molecule has 0 aliphatic carbocycles. The van der Waals surface area contributed by atoms with Gasteiger partial charge in [-0.1, -0.05) is 0 Å². The van der Waals surface area contributed by atoms with Crippen molar-refractivity contribution in [1.82, 2.24) is 0 Å². The summed E-state index contributed by atoms with van der Waals surface area (Å²) in [5.74, 6) is -0.0298. The van der Waals surface area contributed by atoms with Gasteiger partial charge < -0.3 is 0 Å². The van der Waals surface area contributed by atoms with Crippen molar-refractivity contribution in [2.24, 2.45) is 0 Å². The molecule has 3 aromatic rings. The van der Waals surface area contributed by atoms with Crippen molar-refractivity contribution < 1.29 is 9.59 Å². The molecule has 4 heteroatoms. The van der Waals surface area contributed by atoms with Gasteiger partial charge in [-0.05, 0) is 0 Å². The third kappa shape index (κ3) is 4.69. The molecule has 0 bridgehead atoms. The van der Waals surface area contributed by atoms with E-state index >= 15 is 0 Å². The fraction of sp³-hybridized carbons (Fsp3) is 0.0909. The molecule has 0 aromatic heterocycles. The number of ketones is 1. The average Bonchev–Trinajstić information content (AvgIpc) is 2.68. The Hall–Kier alpha value is -2.68. The zero-order valence-electron chi connectivity index (χ0n) is 14.4. The van der Waals surface area contributed by atoms with Crippen LogP contribution in [0.2, 0.25) is 5.32 Å². The second-order valence-corrected chi connectivity index (χ2v) is 8.03. The molecule has 0 unspecified atom stereocenters. The Balaban J connectivity index is 1.70. The van der Waals surface area contributed by atoms with Gasteiger partial charge in [0.2, 0.25) is 0 Å². The van der Waals surface area contributed by atoms with E-state index in [2.05, 4.69) is 5.32 Å². The van der Waals surface area contributed by atoms with Gasteiger partial charge in [0.05, 0.1) is 0 Å². The van der Waals surface area contributed by atoms with Crippen LogP contribution in [0.15, 0.2) is 78.9 Å². The number of carbonyl (C=O) groups is 2. The Kier molecular flexibility index (Phi) is 6.00. The third-order valence-electron chi connectivity index (χ3n) is 3.90. The summed E-state index contributed by atoms with van der Waals surface area (Å²) < 4.78 is 0.939. The molecule has 0 heterocycles. The maximum absolute atomic E-state index is 12.6. The van der Waals surface area contributed by atoms with Crippen molar-refractivity contribution in [2.45, 2.75) is 12.2 Å². The summed E-state index contributed by atoms with van der Waals surface area (Å²) in [6.45, 7) is 2.01. The fourth-order valence-corrected chi connectivity index (χ4v) is 4.45. The summed E-state index contributed by atoms with van der Waals surface area (Å²) in [6, 6.07) is 24.5. The quantitative estimate of drug-likeness (QED) is 0.497. The van der Waals surface area contributed by atoms with Crippen molar-refractivity contribution in [3.8, 4) is 0 Å². The first kappa shape index (κ1) is 18.1. The van der Waals surface area contributed by atoms with Crippen molar-refractivity contribution in [1.29, 1.82) is 0 Å². The summed E-state index contributed by atoms with van der Waals surface area (Å²) in [6.07, 6.45) is 0. The number of aryl methyl sites for hydroxylation is 1. The summed E-state index contributed by atoms with van der Waals surface area (Å²) in [5.41, 5.74) is 3.26. The summed E-state index contributed by atoms with van der Waals surface area (Å²) >= 11 is -0.103. The van der Waals surface area contributed by atoms with Gasteiger partial charge >= 0.3 is 159 Å². The van der Waals surface area contributed by atoms with E-state index in [-0.39, 0.29) is 26.6 Å². The molecule has 0 aliphatic rings. The second kappa shape index (κ2) is 8.61. The third-order valence-corrected chi connectivity index (χ3v) is 6.15. The Labute approximate surface area is 159 Å². The van der Waals surface area contributed by atoms with Gasteiger partial charge in [-0.3, -0.25) is 0 Å². The molecule has 0 aliphatic heterocycles. The molecular weight excluding hydrogens is 389 g/mol. The molecular formula is C22H19NO2Se. The van der Waals surface area contributed by atoms with Gasteiger partial charge in [-0.25, -0.2) is 0 Å². The van der Waals surface area contributed by atoms with E-state index < -0.39 is 0 Å². The van der Waals surface area contributed by atoms with Gasteiger partial charge in [0, 0.05) is 0 Å². The number of hydrogen-bond donors (Lipinski definition) is 1. The van der Waals surface area contributed by atoms with Crippen LogP contribution in [0.25, 0.3) is 0 Å². The molecule has 3 rings (SSSR count). The Morgan fingerprint density at radius 1 is 0.846 bits per heavy atom. The first-order valence-corrected chi connectivity index (χ1v) is 10.4. The van der Waals surface area contributed by atoms with Gasteiger partial charge in [0.1, 0.15) is 0 Å². The molecule has 0 spiro atoms. The fourth-order valence-electron chi connectivity index (χ4n) is 2.47. The maximum atomic E-state index is 12.6. The molecule has 0 fully saturated rings. The normalized spacial score (nSPS) is 10.3. The number of Topliss-reactive ketones (excluding diaryl/α,β-unsaturated/α-hetero) is 1. The van der Waals surface area contributed by atoms with Crippen LogP contribution in [0, 0.1) is 6.92 Å². The topological polar surface area (TPSA) is 46.2 Å². The van der Waals surface area contributed by atoms with Crippen LogP contribution in [-0.4, -0.2) is 26.6 Å². The van der Waals surface area contributed by atoms with Crippen LogP contribution < -0.4 is 9.78 Å². The Morgan fingerprint density at radius 2 is 1.50 bits per heavy atom. The number of amides is 1. The van der Waals surface area contributed by atoms with E-state index in [0.29, 0.717) is 10.9 Å². The van der Waals surface area contributed by atoms with Crippen molar-refractivity contribution >= 4 is 36.8 Å². The van der Waals surface area contributed by atoms with Crippen LogP contribution in [0.5, 0.6) is 0 Å².